The van der Waals surface area contributed by atoms with Crippen molar-refractivity contribution < 1.29 is 9.59 Å². The Morgan fingerprint density at radius 3 is 2.71 bits per heavy atom. The van der Waals surface area contributed by atoms with Gasteiger partial charge in [-0.2, -0.15) is 0 Å². The summed E-state index contributed by atoms with van der Waals surface area (Å²) >= 11 is 0. The molecule has 1 heterocycles. The first-order valence-electron chi connectivity index (χ1n) is 8.47. The number of nitrogens with one attached hydrogen (secondary N) is 1. The van der Waals surface area contributed by atoms with Crippen LogP contribution in [-0.4, -0.2) is 42.5 Å². The summed E-state index contributed by atoms with van der Waals surface area (Å²) in [6.45, 7) is 5.48. The van der Waals surface area contributed by atoms with Gasteiger partial charge in [-0.05, 0) is 24.8 Å². The van der Waals surface area contributed by atoms with Gasteiger partial charge in [-0.15, -0.1) is 0 Å². The molecule has 2 aromatic rings. The third-order valence-electron chi connectivity index (χ3n) is 4.50. The largest absolute Gasteiger partial charge is 0.338 e. The van der Waals surface area contributed by atoms with Crippen molar-refractivity contribution in [3.8, 4) is 0 Å². The molecular formula is C19H23N3O2. The van der Waals surface area contributed by atoms with Crippen LogP contribution in [0.3, 0.4) is 0 Å². The molecule has 2 aromatic carbocycles. The maximum absolute atomic E-state index is 12.9. The lowest BCUT2D eigenvalue weighted by molar-refractivity contribution is -0.124. The van der Waals surface area contributed by atoms with Crippen LogP contribution in [0.2, 0.25) is 0 Å². The number of nitrogens with zero attached hydrogens (tertiary/aromatic N) is 2. The molecule has 1 saturated heterocycles. The van der Waals surface area contributed by atoms with E-state index < -0.39 is 6.04 Å². The Morgan fingerprint density at radius 2 is 1.92 bits per heavy atom. The summed E-state index contributed by atoms with van der Waals surface area (Å²) in [5, 5.41) is 5.02. The lowest BCUT2D eigenvalue weighted by atomic mass is 10.1. The molecule has 0 radical (unpaired) electrons. The van der Waals surface area contributed by atoms with Gasteiger partial charge >= 0.3 is 6.03 Å². The van der Waals surface area contributed by atoms with Crippen LogP contribution in [-0.2, 0) is 4.79 Å². The van der Waals surface area contributed by atoms with Crippen LogP contribution in [0.15, 0.2) is 42.5 Å². The SMILES string of the molecule is CCCNC(=O)N1CCN(c2cccc3ccccc23)C(=O)[C@H]1C. The second kappa shape index (κ2) is 6.91. The van der Waals surface area contributed by atoms with Crippen molar-refractivity contribution in [3.05, 3.63) is 42.5 Å². The third kappa shape index (κ3) is 2.94. The van der Waals surface area contributed by atoms with Gasteiger partial charge in [0.15, 0.2) is 0 Å². The standard InChI is InChI=1S/C19H23N3O2/c1-3-11-20-19(24)21-12-13-22(18(23)14(21)2)17-10-6-8-15-7-4-5-9-16(15)17/h4-10,14H,3,11-13H2,1-2H3,(H,20,24)/t14-/m1/s1. The van der Waals surface area contributed by atoms with Crippen LogP contribution < -0.4 is 10.2 Å². The van der Waals surface area contributed by atoms with E-state index in [1.807, 2.05) is 49.4 Å². The Kier molecular flexibility index (Phi) is 4.69. The van der Waals surface area contributed by atoms with Gasteiger partial charge in [0, 0.05) is 25.0 Å². The van der Waals surface area contributed by atoms with E-state index in [4.69, 9.17) is 0 Å². The molecule has 0 aliphatic carbocycles. The summed E-state index contributed by atoms with van der Waals surface area (Å²) in [5.41, 5.74) is 0.915. The Bertz CT molecular complexity index is 754. The van der Waals surface area contributed by atoms with Gasteiger partial charge in [0.2, 0.25) is 5.91 Å². The van der Waals surface area contributed by atoms with Crippen molar-refractivity contribution in [2.24, 2.45) is 0 Å². The van der Waals surface area contributed by atoms with Crippen LogP contribution in [0.1, 0.15) is 20.3 Å². The van der Waals surface area contributed by atoms with E-state index in [-0.39, 0.29) is 11.9 Å². The van der Waals surface area contributed by atoms with E-state index in [9.17, 15) is 9.59 Å². The number of carbonyl (C=O) groups excluding carboxylic acids is 2. The van der Waals surface area contributed by atoms with E-state index in [0.717, 1.165) is 22.9 Å². The normalized spacial score (nSPS) is 18.1. The number of anilines is 1. The van der Waals surface area contributed by atoms with Crippen molar-refractivity contribution >= 4 is 28.4 Å². The zero-order valence-corrected chi connectivity index (χ0v) is 14.2. The summed E-state index contributed by atoms with van der Waals surface area (Å²) in [6.07, 6.45) is 0.879. The topological polar surface area (TPSA) is 52.7 Å². The fourth-order valence-electron chi connectivity index (χ4n) is 3.16. The van der Waals surface area contributed by atoms with Gasteiger partial charge in [-0.25, -0.2) is 4.79 Å². The molecule has 0 saturated carbocycles. The zero-order chi connectivity index (χ0) is 17.1. The van der Waals surface area contributed by atoms with Crippen molar-refractivity contribution in [1.82, 2.24) is 10.2 Å². The zero-order valence-electron chi connectivity index (χ0n) is 14.2. The number of piperazine rings is 1. The number of carbonyl (C=O) groups is 2. The summed E-state index contributed by atoms with van der Waals surface area (Å²) in [7, 11) is 0. The van der Waals surface area contributed by atoms with E-state index in [0.29, 0.717) is 19.6 Å². The first-order chi connectivity index (χ1) is 11.6. The minimum atomic E-state index is -0.463. The summed E-state index contributed by atoms with van der Waals surface area (Å²) < 4.78 is 0. The molecule has 0 unspecified atom stereocenters. The second-order valence-corrected chi connectivity index (χ2v) is 6.09. The monoisotopic (exact) mass is 325 g/mol. The highest BCUT2D eigenvalue weighted by atomic mass is 16.2. The summed E-state index contributed by atoms with van der Waals surface area (Å²) in [5.74, 6) is -0.0377. The first kappa shape index (κ1) is 16.3. The molecule has 1 N–H and O–H groups in total. The number of fused-ring (bicyclic) bond motifs is 1. The number of hydrogen-bond acceptors (Lipinski definition) is 2. The van der Waals surface area contributed by atoms with E-state index in [2.05, 4.69) is 5.32 Å². The molecule has 1 atom stereocenters. The fraction of sp³-hybridized carbons (Fsp3) is 0.368. The van der Waals surface area contributed by atoms with E-state index in [1.165, 1.54) is 0 Å². The number of rotatable bonds is 3. The van der Waals surface area contributed by atoms with Gasteiger partial charge in [0.05, 0.1) is 5.69 Å². The molecular weight excluding hydrogens is 302 g/mol. The Hall–Kier alpha value is -2.56. The van der Waals surface area contributed by atoms with Crippen molar-refractivity contribution in [2.75, 3.05) is 24.5 Å². The third-order valence-corrected chi connectivity index (χ3v) is 4.50. The Morgan fingerprint density at radius 1 is 1.17 bits per heavy atom. The predicted molar refractivity (Wildman–Crippen MR) is 96.2 cm³/mol. The molecule has 1 aliphatic heterocycles. The van der Waals surface area contributed by atoms with Crippen LogP contribution in [0.5, 0.6) is 0 Å². The minimum absolute atomic E-state index is 0.0377. The average molecular weight is 325 g/mol. The summed E-state index contributed by atoms with van der Waals surface area (Å²) in [6, 6.07) is 13.4. The molecule has 0 bridgehead atoms. The van der Waals surface area contributed by atoms with Crippen LogP contribution in [0.4, 0.5) is 10.5 Å². The smallest absolute Gasteiger partial charge is 0.318 e. The van der Waals surface area contributed by atoms with Gasteiger partial charge < -0.3 is 15.1 Å². The molecule has 1 aliphatic rings. The van der Waals surface area contributed by atoms with E-state index >= 15 is 0 Å². The second-order valence-electron chi connectivity index (χ2n) is 6.09. The first-order valence-corrected chi connectivity index (χ1v) is 8.47. The van der Waals surface area contributed by atoms with Gasteiger partial charge in [0.1, 0.15) is 6.04 Å². The number of urea groups is 1. The van der Waals surface area contributed by atoms with Gasteiger partial charge in [-0.3, -0.25) is 4.79 Å². The van der Waals surface area contributed by atoms with Gasteiger partial charge in [-0.1, -0.05) is 43.3 Å². The highest BCUT2D eigenvalue weighted by molar-refractivity contribution is 6.06. The molecule has 5 nitrogen and oxygen atoms in total. The molecule has 5 heteroatoms. The number of benzene rings is 2. The molecule has 3 amide bonds. The lowest BCUT2D eigenvalue weighted by Crippen LogP contribution is -2.59. The van der Waals surface area contributed by atoms with Crippen LogP contribution in [0, 0.1) is 0 Å². The Balaban J connectivity index is 1.84. The van der Waals surface area contributed by atoms with Gasteiger partial charge in [0.25, 0.3) is 0 Å². The van der Waals surface area contributed by atoms with Crippen LogP contribution in [0.25, 0.3) is 10.8 Å². The molecule has 24 heavy (non-hydrogen) atoms. The van der Waals surface area contributed by atoms with Crippen molar-refractivity contribution in [1.29, 1.82) is 0 Å². The number of amides is 3. The molecule has 3 rings (SSSR count). The lowest BCUT2D eigenvalue weighted by Gasteiger charge is -2.39. The fourth-order valence-corrected chi connectivity index (χ4v) is 3.16. The minimum Gasteiger partial charge on any atom is -0.338 e. The quantitative estimate of drug-likeness (QED) is 0.943. The highest BCUT2D eigenvalue weighted by Crippen LogP contribution is 2.29. The Labute approximate surface area is 142 Å². The maximum atomic E-state index is 12.9. The maximum Gasteiger partial charge on any atom is 0.318 e. The summed E-state index contributed by atoms with van der Waals surface area (Å²) in [4.78, 5) is 28.5. The number of hydrogen-bond donors (Lipinski definition) is 1. The van der Waals surface area contributed by atoms with E-state index in [1.54, 1.807) is 16.7 Å². The highest BCUT2D eigenvalue weighted by Gasteiger charge is 2.35. The average Bonchev–Trinajstić information content (AvgIpc) is 2.61. The molecule has 1 fully saturated rings. The molecule has 0 spiro atoms. The van der Waals surface area contributed by atoms with Crippen LogP contribution >= 0.6 is 0 Å². The predicted octanol–water partition coefficient (Wildman–Crippen LogP) is 3.00. The van der Waals surface area contributed by atoms with Crippen molar-refractivity contribution in [3.63, 3.8) is 0 Å². The molecule has 126 valence electrons. The van der Waals surface area contributed by atoms with Crippen molar-refractivity contribution in [2.45, 2.75) is 26.3 Å². The molecule has 0 aromatic heterocycles.